The van der Waals surface area contributed by atoms with Crippen LogP contribution in [0, 0.1) is 0 Å². The highest BCUT2D eigenvalue weighted by Gasteiger charge is 1.99. The van der Waals surface area contributed by atoms with E-state index in [0.717, 1.165) is 24.5 Å². The van der Waals surface area contributed by atoms with E-state index in [2.05, 4.69) is 29.3 Å². The van der Waals surface area contributed by atoms with E-state index in [4.69, 9.17) is 5.73 Å². The summed E-state index contributed by atoms with van der Waals surface area (Å²) in [5.41, 5.74) is 7.53. The van der Waals surface area contributed by atoms with Crippen molar-refractivity contribution < 1.29 is 0 Å². The van der Waals surface area contributed by atoms with Gasteiger partial charge < -0.3 is 16.0 Å². The minimum Gasteiger partial charge on any atom is -0.382 e. The van der Waals surface area contributed by atoms with E-state index in [1.165, 1.54) is 0 Å². The molecule has 0 aromatic carbocycles. The van der Waals surface area contributed by atoms with E-state index in [0.29, 0.717) is 6.54 Å². The van der Waals surface area contributed by atoms with Gasteiger partial charge in [0, 0.05) is 25.8 Å². The number of rotatable bonds is 5. The van der Waals surface area contributed by atoms with E-state index >= 15 is 0 Å². The zero-order chi connectivity index (χ0) is 10.4. The molecular weight excluding hydrogens is 176 g/mol. The zero-order valence-electron chi connectivity index (χ0n) is 8.83. The molecule has 1 heterocycles. The highest BCUT2D eigenvalue weighted by Crippen LogP contribution is 2.10. The molecule has 0 aliphatic rings. The Kier molecular flexibility index (Phi) is 4.35. The number of nitrogens with zero attached hydrogens (tertiary/aromatic N) is 2. The first-order valence-electron chi connectivity index (χ1n) is 4.76. The molecule has 1 aromatic heterocycles. The van der Waals surface area contributed by atoms with Crippen LogP contribution in [-0.2, 0) is 6.54 Å². The summed E-state index contributed by atoms with van der Waals surface area (Å²) in [6.45, 7) is 2.38. The Morgan fingerprint density at radius 3 is 2.93 bits per heavy atom. The van der Waals surface area contributed by atoms with Crippen molar-refractivity contribution in [2.24, 2.45) is 5.73 Å². The first-order valence-corrected chi connectivity index (χ1v) is 4.76. The molecule has 0 saturated carbocycles. The molecule has 0 spiro atoms. The lowest BCUT2D eigenvalue weighted by Gasteiger charge is -2.12. The van der Waals surface area contributed by atoms with Crippen molar-refractivity contribution in [2.75, 3.05) is 32.5 Å². The van der Waals surface area contributed by atoms with Crippen LogP contribution < -0.4 is 11.1 Å². The second kappa shape index (κ2) is 5.57. The van der Waals surface area contributed by atoms with Gasteiger partial charge in [0.05, 0.1) is 11.4 Å². The molecule has 0 saturated heterocycles. The van der Waals surface area contributed by atoms with Gasteiger partial charge in [-0.25, -0.2) is 0 Å². The molecular formula is C10H18N4. The third-order valence-electron chi connectivity index (χ3n) is 1.96. The Labute approximate surface area is 85.1 Å². The molecule has 4 nitrogen and oxygen atoms in total. The van der Waals surface area contributed by atoms with Crippen LogP contribution in [0.25, 0.3) is 0 Å². The maximum atomic E-state index is 5.57. The van der Waals surface area contributed by atoms with Gasteiger partial charge in [-0.15, -0.1) is 0 Å². The molecule has 1 aromatic rings. The lowest BCUT2D eigenvalue weighted by Crippen LogP contribution is -2.21. The fourth-order valence-corrected chi connectivity index (χ4v) is 1.18. The van der Waals surface area contributed by atoms with Gasteiger partial charge in [-0.1, -0.05) is 0 Å². The number of aromatic nitrogens is 1. The lowest BCUT2D eigenvalue weighted by molar-refractivity contribution is 0.425. The number of nitrogens with two attached hydrogens (primary N) is 1. The van der Waals surface area contributed by atoms with Gasteiger partial charge in [0.1, 0.15) is 0 Å². The average molecular weight is 194 g/mol. The van der Waals surface area contributed by atoms with Gasteiger partial charge in [0.25, 0.3) is 0 Å². The van der Waals surface area contributed by atoms with Crippen molar-refractivity contribution in [1.82, 2.24) is 9.88 Å². The molecule has 0 atom stereocenters. The maximum absolute atomic E-state index is 5.57. The Balaban J connectivity index is 2.49. The number of anilines is 1. The fraction of sp³-hybridized carbons (Fsp3) is 0.500. The van der Waals surface area contributed by atoms with Gasteiger partial charge in [-0.3, -0.25) is 4.98 Å². The number of hydrogen-bond acceptors (Lipinski definition) is 4. The van der Waals surface area contributed by atoms with Gasteiger partial charge in [-0.2, -0.15) is 0 Å². The highest BCUT2D eigenvalue weighted by atomic mass is 15.1. The van der Waals surface area contributed by atoms with E-state index in [1.54, 1.807) is 6.20 Å². The van der Waals surface area contributed by atoms with E-state index in [9.17, 15) is 0 Å². The van der Waals surface area contributed by atoms with Crippen molar-refractivity contribution >= 4 is 5.69 Å². The van der Waals surface area contributed by atoms with Crippen LogP contribution in [0.2, 0.25) is 0 Å². The molecule has 0 radical (unpaired) electrons. The number of nitrogens with one attached hydrogen (secondary N) is 1. The largest absolute Gasteiger partial charge is 0.382 e. The monoisotopic (exact) mass is 194 g/mol. The van der Waals surface area contributed by atoms with E-state index < -0.39 is 0 Å². The summed E-state index contributed by atoms with van der Waals surface area (Å²) >= 11 is 0. The second-order valence-corrected chi connectivity index (χ2v) is 3.43. The Morgan fingerprint density at radius 2 is 2.29 bits per heavy atom. The minimum atomic E-state index is 0.477. The molecule has 0 aliphatic heterocycles. The van der Waals surface area contributed by atoms with Gasteiger partial charge in [0.2, 0.25) is 0 Å². The summed E-state index contributed by atoms with van der Waals surface area (Å²) in [4.78, 5) is 6.32. The molecule has 0 unspecified atom stereocenters. The summed E-state index contributed by atoms with van der Waals surface area (Å²) in [5.74, 6) is 0. The molecule has 0 amide bonds. The number of pyridine rings is 1. The summed E-state index contributed by atoms with van der Waals surface area (Å²) in [6, 6.07) is 3.92. The summed E-state index contributed by atoms with van der Waals surface area (Å²) in [6.07, 6.45) is 1.76. The van der Waals surface area contributed by atoms with Gasteiger partial charge in [0.15, 0.2) is 0 Å². The van der Waals surface area contributed by atoms with Crippen molar-refractivity contribution in [2.45, 2.75) is 6.54 Å². The quantitative estimate of drug-likeness (QED) is 0.717. The molecule has 14 heavy (non-hydrogen) atoms. The van der Waals surface area contributed by atoms with Crippen LogP contribution in [0.15, 0.2) is 18.3 Å². The minimum absolute atomic E-state index is 0.477. The molecule has 3 N–H and O–H groups in total. The third kappa shape index (κ3) is 3.32. The predicted molar refractivity (Wildman–Crippen MR) is 59.2 cm³/mol. The van der Waals surface area contributed by atoms with Crippen LogP contribution in [-0.4, -0.2) is 37.1 Å². The Hall–Kier alpha value is -1.13. The molecule has 4 heteroatoms. The number of likely N-dealkylation sites (N-methyl/N-ethyl adjacent to an activating group) is 1. The van der Waals surface area contributed by atoms with Gasteiger partial charge >= 0.3 is 0 Å². The summed E-state index contributed by atoms with van der Waals surface area (Å²) in [5, 5.41) is 3.31. The third-order valence-corrected chi connectivity index (χ3v) is 1.96. The SMILES string of the molecule is CN(C)CCNc1cccnc1CN. The van der Waals surface area contributed by atoms with Crippen molar-refractivity contribution in [1.29, 1.82) is 0 Å². The standard InChI is InChI=1S/C10H18N4/c1-14(2)7-6-13-9-4-3-5-12-10(9)8-11/h3-5,13H,6-8,11H2,1-2H3. The zero-order valence-corrected chi connectivity index (χ0v) is 8.83. The van der Waals surface area contributed by atoms with Crippen LogP contribution >= 0.6 is 0 Å². The normalized spacial score (nSPS) is 10.6. The molecule has 1 rings (SSSR count). The average Bonchev–Trinajstić information content (AvgIpc) is 2.18. The van der Waals surface area contributed by atoms with Crippen LogP contribution in [0.5, 0.6) is 0 Å². The van der Waals surface area contributed by atoms with E-state index in [-0.39, 0.29) is 0 Å². The molecule has 0 aliphatic carbocycles. The van der Waals surface area contributed by atoms with Crippen LogP contribution in [0.3, 0.4) is 0 Å². The Bertz CT molecular complexity index is 273. The topological polar surface area (TPSA) is 54.2 Å². The first kappa shape index (κ1) is 10.9. The molecule has 0 bridgehead atoms. The maximum Gasteiger partial charge on any atom is 0.0770 e. The first-order chi connectivity index (χ1) is 6.74. The van der Waals surface area contributed by atoms with Crippen molar-refractivity contribution in [3.05, 3.63) is 24.0 Å². The number of hydrogen-bond donors (Lipinski definition) is 2. The smallest absolute Gasteiger partial charge is 0.0770 e. The van der Waals surface area contributed by atoms with Crippen LogP contribution in [0.1, 0.15) is 5.69 Å². The molecule has 0 fully saturated rings. The Morgan fingerprint density at radius 1 is 1.50 bits per heavy atom. The molecule has 78 valence electrons. The van der Waals surface area contributed by atoms with Crippen LogP contribution in [0.4, 0.5) is 5.69 Å². The van der Waals surface area contributed by atoms with Crippen molar-refractivity contribution in [3.8, 4) is 0 Å². The predicted octanol–water partition coefficient (Wildman–Crippen LogP) is 0.514. The van der Waals surface area contributed by atoms with Crippen molar-refractivity contribution in [3.63, 3.8) is 0 Å². The van der Waals surface area contributed by atoms with E-state index in [1.807, 2.05) is 12.1 Å². The summed E-state index contributed by atoms with van der Waals surface area (Å²) < 4.78 is 0. The lowest BCUT2D eigenvalue weighted by atomic mass is 10.3. The summed E-state index contributed by atoms with van der Waals surface area (Å²) in [7, 11) is 4.10. The fourth-order valence-electron chi connectivity index (χ4n) is 1.18. The highest BCUT2D eigenvalue weighted by molar-refractivity contribution is 5.47. The second-order valence-electron chi connectivity index (χ2n) is 3.43. The van der Waals surface area contributed by atoms with Gasteiger partial charge in [-0.05, 0) is 26.2 Å².